The first-order valence-corrected chi connectivity index (χ1v) is 5.05. The third-order valence-corrected chi connectivity index (χ3v) is 2.53. The number of rotatable bonds is 3. The highest BCUT2D eigenvalue weighted by molar-refractivity contribution is 14.1. The number of carboxylic acid groups (broad SMARTS) is 1. The van der Waals surface area contributed by atoms with Gasteiger partial charge in [0.1, 0.15) is 0 Å². The van der Waals surface area contributed by atoms with Crippen molar-refractivity contribution in [2.45, 2.75) is 6.04 Å². The Kier molecular flexibility index (Phi) is 3.65. The number of hydrogen-bond acceptors (Lipinski definition) is 2. The molecule has 1 aromatic rings. The highest BCUT2D eigenvalue weighted by atomic mass is 127. The van der Waals surface area contributed by atoms with Crippen LogP contribution in [0.1, 0.15) is 22.0 Å². The standard InChI is InChI=1S/C10H10INO2/c1-2-9(12)7-4-3-6(11)5-8(7)10(13)14/h2-5,9H,1,12H2,(H,13,14)/t9-/m0/s1. The van der Waals surface area contributed by atoms with Gasteiger partial charge in [0.05, 0.1) is 5.56 Å². The fourth-order valence-electron chi connectivity index (χ4n) is 1.13. The van der Waals surface area contributed by atoms with Gasteiger partial charge in [-0.15, -0.1) is 6.58 Å². The average molecular weight is 303 g/mol. The zero-order valence-corrected chi connectivity index (χ0v) is 9.56. The molecule has 1 rings (SSSR count). The second-order valence-electron chi connectivity index (χ2n) is 2.80. The van der Waals surface area contributed by atoms with Crippen molar-refractivity contribution in [3.8, 4) is 0 Å². The minimum atomic E-state index is -0.962. The van der Waals surface area contributed by atoms with Crippen molar-refractivity contribution in [3.05, 3.63) is 45.6 Å². The molecule has 0 saturated heterocycles. The number of halogens is 1. The van der Waals surface area contributed by atoms with Crippen LogP contribution in [0.25, 0.3) is 0 Å². The molecule has 0 aromatic heterocycles. The number of hydrogen-bond donors (Lipinski definition) is 2. The Morgan fingerprint density at radius 3 is 2.79 bits per heavy atom. The van der Waals surface area contributed by atoms with Crippen molar-refractivity contribution in [2.75, 3.05) is 0 Å². The fraction of sp³-hybridized carbons (Fsp3) is 0.100. The predicted molar refractivity (Wildman–Crippen MR) is 63.2 cm³/mol. The van der Waals surface area contributed by atoms with Crippen LogP contribution in [-0.2, 0) is 0 Å². The van der Waals surface area contributed by atoms with Crippen molar-refractivity contribution >= 4 is 28.6 Å². The van der Waals surface area contributed by atoms with Gasteiger partial charge in [-0.2, -0.15) is 0 Å². The van der Waals surface area contributed by atoms with E-state index in [1.807, 2.05) is 6.07 Å². The number of benzene rings is 1. The van der Waals surface area contributed by atoms with Crippen LogP contribution in [-0.4, -0.2) is 11.1 Å². The summed E-state index contributed by atoms with van der Waals surface area (Å²) in [6.07, 6.45) is 1.52. The lowest BCUT2D eigenvalue weighted by molar-refractivity contribution is 0.0695. The molecule has 0 bridgehead atoms. The number of aromatic carboxylic acids is 1. The van der Waals surface area contributed by atoms with Gasteiger partial charge >= 0.3 is 5.97 Å². The molecule has 0 aliphatic heterocycles. The monoisotopic (exact) mass is 303 g/mol. The molecule has 3 nitrogen and oxygen atoms in total. The van der Waals surface area contributed by atoms with Gasteiger partial charge in [-0.1, -0.05) is 12.1 Å². The molecule has 0 radical (unpaired) electrons. The zero-order valence-electron chi connectivity index (χ0n) is 7.40. The quantitative estimate of drug-likeness (QED) is 0.664. The molecule has 0 aliphatic rings. The molecule has 0 heterocycles. The number of nitrogens with two attached hydrogens (primary N) is 1. The van der Waals surface area contributed by atoms with Gasteiger partial charge in [0.15, 0.2) is 0 Å². The largest absolute Gasteiger partial charge is 0.478 e. The van der Waals surface area contributed by atoms with Crippen molar-refractivity contribution in [1.82, 2.24) is 0 Å². The lowest BCUT2D eigenvalue weighted by atomic mass is 10.0. The van der Waals surface area contributed by atoms with E-state index in [0.717, 1.165) is 3.57 Å². The second kappa shape index (κ2) is 4.56. The maximum Gasteiger partial charge on any atom is 0.336 e. The molecule has 14 heavy (non-hydrogen) atoms. The van der Waals surface area contributed by atoms with Crippen LogP contribution < -0.4 is 5.73 Å². The molecule has 0 spiro atoms. The Morgan fingerprint density at radius 2 is 2.29 bits per heavy atom. The summed E-state index contributed by atoms with van der Waals surface area (Å²) in [5, 5.41) is 8.94. The van der Waals surface area contributed by atoms with Gasteiger partial charge in [0.25, 0.3) is 0 Å². The van der Waals surface area contributed by atoms with Crippen LogP contribution in [0.5, 0.6) is 0 Å². The maximum atomic E-state index is 10.9. The van der Waals surface area contributed by atoms with E-state index in [9.17, 15) is 4.79 Å². The summed E-state index contributed by atoms with van der Waals surface area (Å²) in [6, 6.07) is 4.71. The Balaban J connectivity index is 3.28. The van der Waals surface area contributed by atoms with Gasteiger partial charge in [-0.05, 0) is 40.3 Å². The van der Waals surface area contributed by atoms with Crippen LogP contribution >= 0.6 is 22.6 Å². The summed E-state index contributed by atoms with van der Waals surface area (Å²) < 4.78 is 0.875. The van der Waals surface area contributed by atoms with Gasteiger partial charge in [-0.25, -0.2) is 4.79 Å². The molecule has 0 fully saturated rings. The van der Waals surface area contributed by atoms with Crippen LogP contribution in [0, 0.1) is 3.57 Å². The molecule has 0 aliphatic carbocycles. The highest BCUT2D eigenvalue weighted by Crippen LogP contribution is 2.19. The molecule has 1 atom stereocenters. The highest BCUT2D eigenvalue weighted by Gasteiger charge is 2.13. The normalized spacial score (nSPS) is 12.1. The minimum absolute atomic E-state index is 0.240. The summed E-state index contributed by atoms with van der Waals surface area (Å²) in [4.78, 5) is 10.9. The maximum absolute atomic E-state index is 10.9. The first-order valence-electron chi connectivity index (χ1n) is 3.97. The van der Waals surface area contributed by atoms with Crippen molar-refractivity contribution in [1.29, 1.82) is 0 Å². The lowest BCUT2D eigenvalue weighted by Crippen LogP contribution is -2.12. The Labute approximate surface area is 95.8 Å². The van der Waals surface area contributed by atoms with E-state index in [-0.39, 0.29) is 5.56 Å². The molecule has 0 amide bonds. The van der Waals surface area contributed by atoms with Crippen LogP contribution in [0.15, 0.2) is 30.9 Å². The molecule has 1 aromatic carbocycles. The van der Waals surface area contributed by atoms with Gasteiger partial charge in [0.2, 0.25) is 0 Å². The first kappa shape index (κ1) is 11.2. The van der Waals surface area contributed by atoms with Gasteiger partial charge in [-0.3, -0.25) is 0 Å². The van der Waals surface area contributed by atoms with E-state index in [4.69, 9.17) is 10.8 Å². The van der Waals surface area contributed by atoms with Crippen molar-refractivity contribution in [2.24, 2.45) is 5.73 Å². The molecule has 4 heteroatoms. The van der Waals surface area contributed by atoms with Crippen LogP contribution in [0.4, 0.5) is 0 Å². The van der Waals surface area contributed by atoms with Gasteiger partial charge in [0, 0.05) is 9.61 Å². The van der Waals surface area contributed by atoms with E-state index < -0.39 is 12.0 Å². The van der Waals surface area contributed by atoms with E-state index in [0.29, 0.717) is 5.56 Å². The minimum Gasteiger partial charge on any atom is -0.478 e. The summed E-state index contributed by atoms with van der Waals surface area (Å²) in [7, 11) is 0. The number of carbonyl (C=O) groups is 1. The predicted octanol–water partition coefficient (Wildman–Crippen LogP) is 2.18. The molecular weight excluding hydrogens is 293 g/mol. The van der Waals surface area contributed by atoms with Gasteiger partial charge < -0.3 is 10.8 Å². The molecule has 3 N–H and O–H groups in total. The average Bonchev–Trinajstić information content (AvgIpc) is 2.16. The van der Waals surface area contributed by atoms with E-state index >= 15 is 0 Å². The smallest absolute Gasteiger partial charge is 0.336 e. The summed E-state index contributed by atoms with van der Waals surface area (Å²) in [5.74, 6) is -0.962. The third kappa shape index (κ3) is 2.33. The summed E-state index contributed by atoms with van der Waals surface area (Å²) >= 11 is 2.06. The Hall–Kier alpha value is -0.880. The van der Waals surface area contributed by atoms with Crippen molar-refractivity contribution in [3.63, 3.8) is 0 Å². The lowest BCUT2D eigenvalue weighted by Gasteiger charge is -2.10. The summed E-state index contributed by atoms with van der Waals surface area (Å²) in [6.45, 7) is 3.54. The molecule has 74 valence electrons. The Morgan fingerprint density at radius 1 is 1.64 bits per heavy atom. The fourth-order valence-corrected chi connectivity index (χ4v) is 1.62. The van der Waals surface area contributed by atoms with Crippen LogP contribution in [0.3, 0.4) is 0 Å². The first-order chi connectivity index (χ1) is 6.56. The van der Waals surface area contributed by atoms with E-state index in [2.05, 4.69) is 29.2 Å². The third-order valence-electron chi connectivity index (χ3n) is 1.86. The summed E-state index contributed by atoms with van der Waals surface area (Å²) in [5.41, 5.74) is 6.53. The van der Waals surface area contributed by atoms with E-state index in [1.165, 1.54) is 6.08 Å². The molecule has 0 saturated carbocycles. The van der Waals surface area contributed by atoms with E-state index in [1.54, 1.807) is 12.1 Å². The Bertz CT molecular complexity index is 376. The topological polar surface area (TPSA) is 63.3 Å². The second-order valence-corrected chi connectivity index (χ2v) is 4.04. The molecule has 0 unspecified atom stereocenters. The van der Waals surface area contributed by atoms with Crippen molar-refractivity contribution < 1.29 is 9.90 Å². The number of carboxylic acids is 1. The molecular formula is C10H10INO2. The van der Waals surface area contributed by atoms with Crippen LogP contribution in [0.2, 0.25) is 0 Å². The zero-order chi connectivity index (χ0) is 10.7. The SMILES string of the molecule is C=C[C@H](N)c1ccc(I)cc1C(=O)O.